The molecule has 1 aliphatic carbocycles. The Hall–Kier alpha value is -2.33. The van der Waals surface area contributed by atoms with Gasteiger partial charge >= 0.3 is 0 Å². The standard InChI is InChI=1S/C21H26N4O2S/c1-3-13-25-19(27)16-9-5-6-10-17(16)23-20(25)28-14-18(26)24(2)21(15-22)11-7-4-8-12-21/h5-6,9-10H,3-4,7-8,11-14H2,1-2H3. The van der Waals surface area contributed by atoms with E-state index >= 15 is 0 Å². The number of hydrogen-bond acceptors (Lipinski definition) is 5. The number of rotatable bonds is 6. The maximum atomic E-state index is 12.8. The SMILES string of the molecule is CCCn1c(SCC(=O)N(C)C2(C#N)CCCCC2)nc2ccccc2c1=O. The number of thioether (sulfide) groups is 1. The highest BCUT2D eigenvalue weighted by Crippen LogP contribution is 2.33. The second kappa shape index (κ2) is 8.78. The number of benzene rings is 1. The third-order valence-electron chi connectivity index (χ3n) is 5.50. The van der Waals surface area contributed by atoms with Gasteiger partial charge in [0.1, 0.15) is 5.54 Å². The molecule has 0 bridgehead atoms. The van der Waals surface area contributed by atoms with Gasteiger partial charge in [-0.15, -0.1) is 0 Å². The highest BCUT2D eigenvalue weighted by Gasteiger charge is 2.38. The molecule has 0 spiro atoms. The van der Waals surface area contributed by atoms with Gasteiger partial charge in [0.25, 0.3) is 5.56 Å². The Morgan fingerprint density at radius 1 is 1.32 bits per heavy atom. The van der Waals surface area contributed by atoms with Gasteiger partial charge in [-0.1, -0.05) is 50.1 Å². The van der Waals surface area contributed by atoms with E-state index in [0.717, 1.165) is 38.5 Å². The van der Waals surface area contributed by atoms with Crippen LogP contribution < -0.4 is 5.56 Å². The number of carbonyl (C=O) groups is 1. The van der Waals surface area contributed by atoms with E-state index in [0.29, 0.717) is 22.6 Å². The third kappa shape index (κ3) is 3.93. The van der Waals surface area contributed by atoms with E-state index in [-0.39, 0.29) is 17.2 Å². The highest BCUT2D eigenvalue weighted by atomic mass is 32.2. The number of fused-ring (bicyclic) bond motifs is 1. The maximum Gasteiger partial charge on any atom is 0.262 e. The smallest absolute Gasteiger partial charge is 0.262 e. The van der Waals surface area contributed by atoms with Gasteiger partial charge in [-0.3, -0.25) is 14.2 Å². The maximum absolute atomic E-state index is 12.8. The number of hydrogen-bond donors (Lipinski definition) is 0. The molecule has 0 N–H and O–H groups in total. The van der Waals surface area contributed by atoms with E-state index in [1.54, 1.807) is 22.6 Å². The molecular weight excluding hydrogens is 372 g/mol. The van der Waals surface area contributed by atoms with Crippen molar-refractivity contribution >= 4 is 28.6 Å². The van der Waals surface area contributed by atoms with E-state index < -0.39 is 5.54 Å². The molecule has 0 atom stereocenters. The molecule has 0 aliphatic heterocycles. The molecule has 28 heavy (non-hydrogen) atoms. The van der Waals surface area contributed by atoms with Crippen LogP contribution in [0.3, 0.4) is 0 Å². The Morgan fingerprint density at radius 2 is 2.04 bits per heavy atom. The molecule has 0 unspecified atom stereocenters. The van der Waals surface area contributed by atoms with Crippen LogP contribution in [0, 0.1) is 11.3 Å². The summed E-state index contributed by atoms with van der Waals surface area (Å²) in [5.41, 5.74) is -0.129. The van der Waals surface area contributed by atoms with Gasteiger partial charge in [-0.2, -0.15) is 5.26 Å². The van der Waals surface area contributed by atoms with E-state index in [1.807, 2.05) is 25.1 Å². The van der Waals surface area contributed by atoms with Gasteiger partial charge in [-0.25, -0.2) is 4.98 Å². The first-order valence-corrected chi connectivity index (χ1v) is 10.8. The summed E-state index contributed by atoms with van der Waals surface area (Å²) in [6, 6.07) is 9.67. The molecule has 7 heteroatoms. The van der Waals surface area contributed by atoms with E-state index in [2.05, 4.69) is 11.1 Å². The minimum absolute atomic E-state index is 0.0727. The van der Waals surface area contributed by atoms with Gasteiger partial charge in [0, 0.05) is 13.6 Å². The Kier molecular flexibility index (Phi) is 6.40. The molecular formula is C21H26N4O2S. The third-order valence-corrected chi connectivity index (χ3v) is 6.46. The van der Waals surface area contributed by atoms with Crippen LogP contribution in [0.15, 0.2) is 34.2 Å². The molecule has 2 aromatic rings. The molecule has 3 rings (SSSR count). The Labute approximate surface area is 169 Å². The number of para-hydroxylation sites is 1. The van der Waals surface area contributed by atoms with E-state index in [4.69, 9.17) is 0 Å². The van der Waals surface area contributed by atoms with Gasteiger partial charge in [0.15, 0.2) is 5.16 Å². The summed E-state index contributed by atoms with van der Waals surface area (Å²) in [7, 11) is 1.73. The summed E-state index contributed by atoms with van der Waals surface area (Å²) >= 11 is 1.28. The van der Waals surface area contributed by atoms with Gasteiger partial charge < -0.3 is 4.90 Å². The summed E-state index contributed by atoms with van der Waals surface area (Å²) < 4.78 is 1.65. The van der Waals surface area contributed by atoms with Crippen LogP contribution >= 0.6 is 11.8 Å². The minimum atomic E-state index is -0.699. The van der Waals surface area contributed by atoms with Crippen molar-refractivity contribution in [3.63, 3.8) is 0 Å². The molecule has 1 heterocycles. The zero-order valence-corrected chi connectivity index (χ0v) is 17.3. The van der Waals surface area contributed by atoms with Crippen molar-refractivity contribution in [1.82, 2.24) is 14.5 Å². The highest BCUT2D eigenvalue weighted by molar-refractivity contribution is 7.99. The van der Waals surface area contributed by atoms with Gasteiger partial charge in [0.2, 0.25) is 5.91 Å². The van der Waals surface area contributed by atoms with Crippen LogP contribution in [0.25, 0.3) is 10.9 Å². The molecule has 1 amide bonds. The Bertz CT molecular complexity index is 957. The van der Waals surface area contributed by atoms with Gasteiger partial charge in [-0.05, 0) is 31.4 Å². The van der Waals surface area contributed by atoms with Crippen molar-refractivity contribution < 1.29 is 4.79 Å². The lowest BCUT2D eigenvalue weighted by Gasteiger charge is -2.39. The first-order chi connectivity index (χ1) is 13.5. The lowest BCUT2D eigenvalue weighted by atomic mass is 9.81. The van der Waals surface area contributed by atoms with Crippen LogP contribution in [-0.2, 0) is 11.3 Å². The van der Waals surface area contributed by atoms with Gasteiger partial charge in [0.05, 0.1) is 22.7 Å². The Morgan fingerprint density at radius 3 is 2.71 bits per heavy atom. The normalized spacial score (nSPS) is 15.9. The molecule has 1 saturated carbocycles. The van der Waals surface area contributed by atoms with Crippen molar-refractivity contribution in [3.05, 3.63) is 34.6 Å². The predicted octanol–water partition coefficient (Wildman–Crippen LogP) is 3.58. The summed E-state index contributed by atoms with van der Waals surface area (Å²) in [6.45, 7) is 2.57. The number of nitriles is 1. The van der Waals surface area contributed by atoms with Crippen LogP contribution in [0.2, 0.25) is 0 Å². The average Bonchev–Trinajstić information content (AvgIpc) is 2.74. The fraction of sp³-hybridized carbons (Fsp3) is 0.524. The van der Waals surface area contributed by atoms with Crippen molar-refractivity contribution in [1.29, 1.82) is 5.26 Å². The molecule has 6 nitrogen and oxygen atoms in total. The van der Waals surface area contributed by atoms with Crippen molar-refractivity contribution in [3.8, 4) is 6.07 Å². The zero-order valence-electron chi connectivity index (χ0n) is 16.5. The van der Waals surface area contributed by atoms with Crippen LogP contribution in [0.5, 0.6) is 0 Å². The van der Waals surface area contributed by atoms with Crippen LogP contribution in [0.4, 0.5) is 0 Å². The largest absolute Gasteiger partial charge is 0.326 e. The lowest BCUT2D eigenvalue weighted by Crippen LogP contribution is -2.50. The molecule has 1 aromatic carbocycles. The lowest BCUT2D eigenvalue weighted by molar-refractivity contribution is -0.131. The fourth-order valence-electron chi connectivity index (χ4n) is 3.80. The first-order valence-electron chi connectivity index (χ1n) is 9.82. The second-order valence-electron chi connectivity index (χ2n) is 7.31. The van der Waals surface area contributed by atoms with Crippen molar-refractivity contribution in [2.45, 2.75) is 62.7 Å². The predicted molar refractivity (Wildman–Crippen MR) is 111 cm³/mol. The van der Waals surface area contributed by atoms with Crippen LogP contribution in [0.1, 0.15) is 45.4 Å². The molecule has 1 fully saturated rings. The average molecular weight is 399 g/mol. The quantitative estimate of drug-likeness (QED) is 0.549. The van der Waals surface area contributed by atoms with E-state index in [9.17, 15) is 14.9 Å². The monoisotopic (exact) mass is 398 g/mol. The first kappa shape index (κ1) is 20.4. The zero-order chi connectivity index (χ0) is 20.1. The summed E-state index contributed by atoms with van der Waals surface area (Å²) in [5, 5.41) is 10.9. The number of amides is 1. The van der Waals surface area contributed by atoms with Crippen molar-refractivity contribution in [2.75, 3.05) is 12.8 Å². The van der Waals surface area contributed by atoms with Crippen LogP contribution in [-0.4, -0.2) is 38.7 Å². The number of nitrogens with zero attached hydrogens (tertiary/aromatic N) is 4. The summed E-state index contributed by atoms with van der Waals surface area (Å²) in [6.07, 6.45) is 5.32. The topological polar surface area (TPSA) is 79.0 Å². The Balaban J connectivity index is 1.82. The molecule has 1 aromatic heterocycles. The summed E-state index contributed by atoms with van der Waals surface area (Å²) in [5.74, 6) is 0.0629. The minimum Gasteiger partial charge on any atom is -0.326 e. The van der Waals surface area contributed by atoms with E-state index in [1.165, 1.54) is 11.8 Å². The molecule has 1 aliphatic rings. The number of aromatic nitrogens is 2. The molecule has 0 saturated heterocycles. The molecule has 0 radical (unpaired) electrons. The fourth-order valence-corrected chi connectivity index (χ4v) is 4.74. The second-order valence-corrected chi connectivity index (χ2v) is 8.26. The van der Waals surface area contributed by atoms with Crippen molar-refractivity contribution in [2.24, 2.45) is 0 Å². The summed E-state index contributed by atoms with van der Waals surface area (Å²) in [4.78, 5) is 31.9. The number of carbonyl (C=O) groups excluding carboxylic acids is 1. The molecule has 148 valence electrons.